The summed E-state index contributed by atoms with van der Waals surface area (Å²) in [6.45, 7) is 0.152. The molecule has 0 aliphatic heterocycles. The first-order chi connectivity index (χ1) is 10.8. The molecule has 0 aliphatic carbocycles. The zero-order chi connectivity index (χ0) is 17.1. The van der Waals surface area contributed by atoms with E-state index in [2.05, 4.69) is 10.4 Å². The Hall–Kier alpha value is -1.99. The molecule has 2 aromatic rings. The number of nitrogens with one attached hydrogen (secondary N) is 1. The molecule has 1 N–H and O–H groups in total. The van der Waals surface area contributed by atoms with Crippen molar-refractivity contribution in [3.8, 4) is 0 Å². The number of rotatable bonds is 5. The van der Waals surface area contributed by atoms with Gasteiger partial charge in [-0.25, -0.2) is 13.5 Å². The minimum atomic E-state index is -0.626. The van der Waals surface area contributed by atoms with Crippen LogP contribution in [0.3, 0.4) is 0 Å². The van der Waals surface area contributed by atoms with E-state index in [1.807, 2.05) is 0 Å². The Labute approximate surface area is 137 Å². The summed E-state index contributed by atoms with van der Waals surface area (Å²) in [6, 6.07) is 3.15. The lowest BCUT2D eigenvalue weighted by Crippen LogP contribution is -2.29. The third-order valence-electron chi connectivity index (χ3n) is 3.52. The maximum absolute atomic E-state index is 14.0. The van der Waals surface area contributed by atoms with E-state index in [0.717, 1.165) is 4.68 Å². The Kier molecular flexibility index (Phi) is 5.33. The highest BCUT2D eigenvalue weighted by molar-refractivity contribution is 6.32. The van der Waals surface area contributed by atoms with Crippen LogP contribution in [-0.4, -0.2) is 35.3 Å². The largest absolute Gasteiger partial charge is 0.380 e. The van der Waals surface area contributed by atoms with E-state index in [1.54, 1.807) is 19.0 Å². The summed E-state index contributed by atoms with van der Waals surface area (Å²) in [5.41, 5.74) is -0.175. The Balaban J connectivity index is 2.29. The lowest BCUT2D eigenvalue weighted by Gasteiger charge is -2.26. The summed E-state index contributed by atoms with van der Waals surface area (Å²) in [4.78, 5) is 13.4. The molecule has 8 heteroatoms. The Morgan fingerprint density at radius 3 is 2.52 bits per heavy atom. The van der Waals surface area contributed by atoms with Crippen LogP contribution >= 0.6 is 11.6 Å². The third-order valence-corrected chi connectivity index (χ3v) is 3.89. The van der Waals surface area contributed by atoms with E-state index in [9.17, 15) is 13.6 Å². The second kappa shape index (κ2) is 7.06. The molecule has 2 rings (SSSR count). The molecule has 124 valence electrons. The molecule has 1 heterocycles. The van der Waals surface area contributed by atoms with E-state index in [0.29, 0.717) is 5.69 Å². The van der Waals surface area contributed by atoms with Crippen LogP contribution in [0, 0.1) is 11.6 Å². The second-order valence-electron chi connectivity index (χ2n) is 5.30. The smallest absolute Gasteiger partial charge is 0.287 e. The molecule has 1 aromatic heterocycles. The summed E-state index contributed by atoms with van der Waals surface area (Å²) in [6.07, 6.45) is 1.40. The van der Waals surface area contributed by atoms with Crippen molar-refractivity contribution in [2.45, 2.75) is 6.04 Å². The number of anilines is 1. The van der Waals surface area contributed by atoms with Gasteiger partial charge >= 0.3 is 0 Å². The highest BCUT2D eigenvalue weighted by atomic mass is 35.5. The first-order valence-corrected chi connectivity index (χ1v) is 7.26. The first kappa shape index (κ1) is 17.4. The summed E-state index contributed by atoms with van der Waals surface area (Å²) < 4.78 is 29.1. The van der Waals surface area contributed by atoms with Gasteiger partial charge in [0.1, 0.15) is 16.7 Å². The van der Waals surface area contributed by atoms with Crippen LogP contribution in [0.5, 0.6) is 0 Å². The number of aromatic nitrogens is 2. The molecule has 0 aliphatic rings. The zero-order valence-corrected chi connectivity index (χ0v) is 13.7. The average molecular weight is 343 g/mol. The van der Waals surface area contributed by atoms with Gasteiger partial charge in [0.15, 0.2) is 0 Å². The molecule has 0 bridgehead atoms. The number of hydrogen-bond acceptors (Lipinski definition) is 4. The highest BCUT2D eigenvalue weighted by Gasteiger charge is 2.22. The minimum absolute atomic E-state index is 0.0194. The first-order valence-electron chi connectivity index (χ1n) is 6.89. The quantitative estimate of drug-likeness (QED) is 0.906. The predicted octanol–water partition coefficient (Wildman–Crippen LogP) is 2.43. The molecule has 1 unspecified atom stereocenters. The van der Waals surface area contributed by atoms with Gasteiger partial charge in [0.05, 0.1) is 17.9 Å². The number of hydrogen-bond donors (Lipinski definition) is 1. The molecule has 0 saturated carbocycles. The van der Waals surface area contributed by atoms with E-state index in [4.69, 9.17) is 11.6 Å². The van der Waals surface area contributed by atoms with Crippen LogP contribution in [0.1, 0.15) is 11.6 Å². The Morgan fingerprint density at radius 2 is 1.96 bits per heavy atom. The van der Waals surface area contributed by atoms with Crippen LogP contribution in [0.15, 0.2) is 29.2 Å². The maximum Gasteiger partial charge on any atom is 0.287 e. The van der Waals surface area contributed by atoms with Gasteiger partial charge in [-0.1, -0.05) is 17.7 Å². The van der Waals surface area contributed by atoms with Crippen molar-refractivity contribution in [3.63, 3.8) is 0 Å². The number of nitrogens with zero attached hydrogens (tertiary/aromatic N) is 3. The standard InChI is InChI=1S/C15H17ClF2N4O/c1-21(2)12(13-9(17)5-4-6-10(13)18)8-19-11-7-20-22(3)15(23)14(11)16/h4-7,12,19H,8H2,1-3H3. The van der Waals surface area contributed by atoms with Crippen LogP contribution in [-0.2, 0) is 7.05 Å². The molecular formula is C15H17ClF2N4O. The van der Waals surface area contributed by atoms with Gasteiger partial charge in [0.25, 0.3) is 5.56 Å². The van der Waals surface area contributed by atoms with Gasteiger partial charge in [0, 0.05) is 19.2 Å². The molecule has 1 aromatic carbocycles. The van der Waals surface area contributed by atoms with Gasteiger partial charge in [-0.05, 0) is 26.2 Å². The lowest BCUT2D eigenvalue weighted by molar-refractivity contribution is 0.295. The minimum Gasteiger partial charge on any atom is -0.380 e. The van der Waals surface area contributed by atoms with Crippen molar-refractivity contribution in [2.75, 3.05) is 26.0 Å². The van der Waals surface area contributed by atoms with Crippen molar-refractivity contribution in [2.24, 2.45) is 7.05 Å². The van der Waals surface area contributed by atoms with Crippen molar-refractivity contribution in [1.82, 2.24) is 14.7 Å². The number of likely N-dealkylation sites (N-methyl/N-ethyl adjacent to an activating group) is 1. The van der Waals surface area contributed by atoms with Gasteiger partial charge < -0.3 is 10.2 Å². The fourth-order valence-electron chi connectivity index (χ4n) is 2.21. The maximum atomic E-state index is 14.0. The van der Waals surface area contributed by atoms with Crippen LogP contribution < -0.4 is 10.9 Å². The number of aryl methyl sites for hydroxylation is 1. The summed E-state index contributed by atoms with van der Waals surface area (Å²) >= 11 is 5.97. The van der Waals surface area contributed by atoms with E-state index in [1.165, 1.54) is 31.4 Å². The summed E-state index contributed by atoms with van der Waals surface area (Å²) in [5.74, 6) is -1.25. The topological polar surface area (TPSA) is 50.2 Å². The lowest BCUT2D eigenvalue weighted by atomic mass is 10.0. The van der Waals surface area contributed by atoms with Gasteiger partial charge in [-0.2, -0.15) is 5.10 Å². The monoisotopic (exact) mass is 342 g/mol. The predicted molar refractivity (Wildman–Crippen MR) is 85.8 cm³/mol. The third kappa shape index (κ3) is 3.68. The Morgan fingerprint density at radius 1 is 1.35 bits per heavy atom. The molecule has 5 nitrogen and oxygen atoms in total. The average Bonchev–Trinajstić information content (AvgIpc) is 2.49. The molecule has 0 radical (unpaired) electrons. The van der Waals surface area contributed by atoms with Gasteiger partial charge in [-0.3, -0.25) is 4.79 Å². The van der Waals surface area contributed by atoms with Crippen molar-refractivity contribution < 1.29 is 8.78 Å². The van der Waals surface area contributed by atoms with E-state index in [-0.39, 0.29) is 17.1 Å². The van der Waals surface area contributed by atoms with Crippen molar-refractivity contribution in [3.05, 3.63) is 57.0 Å². The van der Waals surface area contributed by atoms with Crippen molar-refractivity contribution in [1.29, 1.82) is 0 Å². The van der Waals surface area contributed by atoms with Gasteiger partial charge in [-0.15, -0.1) is 0 Å². The van der Waals surface area contributed by atoms with Crippen LogP contribution in [0.25, 0.3) is 0 Å². The van der Waals surface area contributed by atoms with Crippen LogP contribution in [0.2, 0.25) is 5.02 Å². The Bertz CT molecular complexity index is 743. The molecule has 23 heavy (non-hydrogen) atoms. The second-order valence-corrected chi connectivity index (χ2v) is 5.67. The van der Waals surface area contributed by atoms with E-state index >= 15 is 0 Å². The number of halogens is 3. The molecule has 1 atom stereocenters. The molecule has 0 fully saturated rings. The normalized spacial score (nSPS) is 12.5. The van der Waals surface area contributed by atoms with Crippen LogP contribution in [0.4, 0.5) is 14.5 Å². The van der Waals surface area contributed by atoms with Crippen molar-refractivity contribution >= 4 is 17.3 Å². The summed E-state index contributed by atoms with van der Waals surface area (Å²) in [7, 11) is 4.90. The molecular weight excluding hydrogens is 326 g/mol. The zero-order valence-electron chi connectivity index (χ0n) is 13.0. The summed E-state index contributed by atoms with van der Waals surface area (Å²) in [5, 5.41) is 6.78. The fourth-order valence-corrected chi connectivity index (χ4v) is 2.45. The fraction of sp³-hybridized carbons (Fsp3) is 0.333. The van der Waals surface area contributed by atoms with Gasteiger partial charge in [0.2, 0.25) is 0 Å². The molecule has 0 saturated heterocycles. The molecule has 0 spiro atoms. The SMILES string of the molecule is CN(C)C(CNc1cnn(C)c(=O)c1Cl)c1c(F)cccc1F. The highest BCUT2D eigenvalue weighted by Crippen LogP contribution is 2.25. The van der Waals surface area contributed by atoms with E-state index < -0.39 is 23.2 Å². The number of benzene rings is 1. The molecule has 0 amide bonds.